The highest BCUT2D eigenvalue weighted by Gasteiger charge is 1.82. The summed E-state index contributed by atoms with van der Waals surface area (Å²) in [5.41, 5.74) is 6.73. The van der Waals surface area contributed by atoms with Crippen LogP contribution in [0.5, 0.6) is 0 Å². The number of nitrogens with two attached hydrogens (primary N) is 1. The van der Waals surface area contributed by atoms with E-state index in [1.54, 1.807) is 0 Å². The minimum Gasteiger partial charge on any atom is -0.330 e. The second kappa shape index (κ2) is 4.85. The van der Waals surface area contributed by atoms with Crippen LogP contribution in [0.3, 0.4) is 0 Å². The molecule has 8 heavy (non-hydrogen) atoms. The van der Waals surface area contributed by atoms with E-state index in [1.165, 1.54) is 5.57 Å². The van der Waals surface area contributed by atoms with E-state index in [0.29, 0.717) is 0 Å². The lowest BCUT2D eigenvalue weighted by Gasteiger charge is -1.93. The summed E-state index contributed by atoms with van der Waals surface area (Å²) >= 11 is 0. The van der Waals surface area contributed by atoms with E-state index >= 15 is 0 Å². The van der Waals surface area contributed by atoms with Crippen LogP contribution in [0.25, 0.3) is 0 Å². The maximum Gasteiger partial charge on any atom is -0.00401 e. The van der Waals surface area contributed by atoms with Gasteiger partial charge in [-0.15, -0.1) is 0 Å². The first-order chi connectivity index (χ1) is 3.81. The maximum absolute atomic E-state index is 5.32. The minimum atomic E-state index is 0.780. The van der Waals surface area contributed by atoms with E-state index in [9.17, 15) is 0 Å². The first-order valence-corrected chi connectivity index (χ1v) is 3.17. The summed E-state index contributed by atoms with van der Waals surface area (Å²) in [5, 5.41) is 0. The Labute approximate surface area is 51.6 Å². The molecule has 0 saturated heterocycles. The fourth-order valence-corrected chi connectivity index (χ4v) is 0.678. The third-order valence-electron chi connectivity index (χ3n) is 1.09. The molecule has 0 atom stereocenters. The standard InChI is InChI=1S/C7H15N/c1-3-4-7(2)5-6-8/h4H,3,5-6,8H2,1-2H3/b7-4+. The van der Waals surface area contributed by atoms with Gasteiger partial charge in [-0.05, 0) is 26.3 Å². The molecule has 0 bridgehead atoms. The zero-order chi connectivity index (χ0) is 6.41. The molecule has 48 valence electrons. The third-order valence-corrected chi connectivity index (χ3v) is 1.09. The molecule has 1 nitrogen and oxygen atoms in total. The molecule has 0 aromatic heterocycles. The quantitative estimate of drug-likeness (QED) is 0.554. The van der Waals surface area contributed by atoms with Gasteiger partial charge in [0.25, 0.3) is 0 Å². The van der Waals surface area contributed by atoms with Gasteiger partial charge in [-0.3, -0.25) is 0 Å². The first-order valence-electron chi connectivity index (χ1n) is 3.17. The predicted molar refractivity (Wildman–Crippen MR) is 37.7 cm³/mol. The van der Waals surface area contributed by atoms with Gasteiger partial charge in [0.15, 0.2) is 0 Å². The van der Waals surface area contributed by atoms with Crippen LogP contribution in [-0.4, -0.2) is 6.54 Å². The molecule has 0 amide bonds. The predicted octanol–water partition coefficient (Wildman–Crippen LogP) is 1.69. The summed E-state index contributed by atoms with van der Waals surface area (Å²) in [5.74, 6) is 0. The van der Waals surface area contributed by atoms with Crippen molar-refractivity contribution in [2.75, 3.05) is 6.54 Å². The topological polar surface area (TPSA) is 26.0 Å². The van der Waals surface area contributed by atoms with E-state index in [0.717, 1.165) is 19.4 Å². The highest BCUT2D eigenvalue weighted by Crippen LogP contribution is 1.97. The molecule has 0 radical (unpaired) electrons. The molecule has 0 heterocycles. The maximum atomic E-state index is 5.32. The molecule has 0 aliphatic rings. The van der Waals surface area contributed by atoms with Crippen molar-refractivity contribution in [3.8, 4) is 0 Å². The van der Waals surface area contributed by atoms with Gasteiger partial charge in [-0.2, -0.15) is 0 Å². The molecular formula is C7H15N. The first kappa shape index (κ1) is 7.70. The van der Waals surface area contributed by atoms with E-state index in [2.05, 4.69) is 19.9 Å². The molecule has 0 saturated carbocycles. The van der Waals surface area contributed by atoms with E-state index in [1.807, 2.05) is 0 Å². The van der Waals surface area contributed by atoms with Crippen LogP contribution < -0.4 is 5.73 Å². The van der Waals surface area contributed by atoms with Crippen molar-refractivity contribution in [3.05, 3.63) is 11.6 Å². The summed E-state index contributed by atoms with van der Waals surface area (Å²) in [7, 11) is 0. The van der Waals surface area contributed by atoms with Crippen LogP contribution in [0.4, 0.5) is 0 Å². The molecule has 0 aliphatic heterocycles. The number of hydrogen-bond donors (Lipinski definition) is 1. The summed E-state index contributed by atoms with van der Waals surface area (Å²) < 4.78 is 0. The summed E-state index contributed by atoms with van der Waals surface area (Å²) in [4.78, 5) is 0. The van der Waals surface area contributed by atoms with Gasteiger partial charge in [-0.25, -0.2) is 0 Å². The van der Waals surface area contributed by atoms with Crippen molar-refractivity contribution in [1.29, 1.82) is 0 Å². The van der Waals surface area contributed by atoms with Gasteiger partial charge in [0.05, 0.1) is 0 Å². The highest BCUT2D eigenvalue weighted by atomic mass is 14.5. The summed E-state index contributed by atoms with van der Waals surface area (Å²) in [6.07, 6.45) is 4.40. The molecule has 0 unspecified atom stereocenters. The van der Waals surface area contributed by atoms with Crippen LogP contribution in [0.1, 0.15) is 26.7 Å². The van der Waals surface area contributed by atoms with E-state index < -0.39 is 0 Å². The monoisotopic (exact) mass is 113 g/mol. The Kier molecular flexibility index (Phi) is 4.67. The summed E-state index contributed by atoms with van der Waals surface area (Å²) in [6, 6.07) is 0. The lowest BCUT2D eigenvalue weighted by atomic mass is 10.2. The molecule has 1 heteroatoms. The Balaban J connectivity index is 3.29. The Morgan fingerprint density at radius 1 is 1.62 bits per heavy atom. The van der Waals surface area contributed by atoms with E-state index in [-0.39, 0.29) is 0 Å². The Morgan fingerprint density at radius 2 is 2.25 bits per heavy atom. The molecule has 0 aliphatic carbocycles. The van der Waals surface area contributed by atoms with Crippen LogP contribution in [-0.2, 0) is 0 Å². The highest BCUT2D eigenvalue weighted by molar-refractivity contribution is 4.96. The normalized spacial score (nSPS) is 12.1. The fraction of sp³-hybridized carbons (Fsp3) is 0.714. The van der Waals surface area contributed by atoms with Crippen molar-refractivity contribution in [2.45, 2.75) is 26.7 Å². The fourth-order valence-electron chi connectivity index (χ4n) is 0.678. The Morgan fingerprint density at radius 3 is 2.62 bits per heavy atom. The lowest BCUT2D eigenvalue weighted by molar-refractivity contribution is 0.938. The van der Waals surface area contributed by atoms with Gasteiger partial charge < -0.3 is 5.73 Å². The van der Waals surface area contributed by atoms with Gasteiger partial charge in [-0.1, -0.05) is 18.6 Å². The van der Waals surface area contributed by atoms with Gasteiger partial charge in [0.1, 0.15) is 0 Å². The average molecular weight is 113 g/mol. The van der Waals surface area contributed by atoms with Crippen molar-refractivity contribution < 1.29 is 0 Å². The van der Waals surface area contributed by atoms with Crippen LogP contribution in [0.2, 0.25) is 0 Å². The number of rotatable bonds is 3. The van der Waals surface area contributed by atoms with Gasteiger partial charge in [0.2, 0.25) is 0 Å². The zero-order valence-electron chi connectivity index (χ0n) is 5.78. The van der Waals surface area contributed by atoms with Crippen LogP contribution >= 0.6 is 0 Å². The second-order valence-corrected chi connectivity index (χ2v) is 2.00. The van der Waals surface area contributed by atoms with Crippen molar-refractivity contribution in [2.24, 2.45) is 5.73 Å². The van der Waals surface area contributed by atoms with E-state index in [4.69, 9.17) is 5.73 Å². The molecule has 0 spiro atoms. The molecular weight excluding hydrogens is 98.1 g/mol. The van der Waals surface area contributed by atoms with Crippen LogP contribution in [0.15, 0.2) is 11.6 Å². The van der Waals surface area contributed by atoms with Crippen LogP contribution in [0, 0.1) is 0 Å². The Bertz CT molecular complexity index is 74.5. The average Bonchev–Trinajstić information content (AvgIpc) is 1.68. The zero-order valence-corrected chi connectivity index (χ0v) is 5.78. The van der Waals surface area contributed by atoms with Crippen molar-refractivity contribution in [1.82, 2.24) is 0 Å². The smallest absolute Gasteiger partial charge is 0.00401 e. The second-order valence-electron chi connectivity index (χ2n) is 2.00. The third kappa shape index (κ3) is 3.88. The Hall–Kier alpha value is -0.300. The molecule has 0 rings (SSSR count). The molecule has 0 aromatic rings. The largest absolute Gasteiger partial charge is 0.330 e. The van der Waals surface area contributed by atoms with Crippen molar-refractivity contribution >= 4 is 0 Å². The molecule has 0 fully saturated rings. The molecule has 0 aromatic carbocycles. The lowest BCUT2D eigenvalue weighted by Crippen LogP contribution is -1.98. The SMILES string of the molecule is CC/C=C(\C)CCN. The van der Waals surface area contributed by atoms with Gasteiger partial charge in [0, 0.05) is 0 Å². The molecule has 2 N–H and O–H groups in total. The summed E-state index contributed by atoms with van der Waals surface area (Å²) in [6.45, 7) is 5.04. The van der Waals surface area contributed by atoms with Gasteiger partial charge >= 0.3 is 0 Å². The van der Waals surface area contributed by atoms with Crippen molar-refractivity contribution in [3.63, 3.8) is 0 Å². The number of allylic oxidation sites excluding steroid dienone is 1. The minimum absolute atomic E-state index is 0.780. The number of hydrogen-bond acceptors (Lipinski definition) is 1.